The summed E-state index contributed by atoms with van der Waals surface area (Å²) < 4.78 is 5.29. The van der Waals surface area contributed by atoms with Gasteiger partial charge in [-0.25, -0.2) is 0 Å². The number of hydrogen-bond acceptors (Lipinski definition) is 4. The Labute approximate surface area is 154 Å². The summed E-state index contributed by atoms with van der Waals surface area (Å²) in [5.74, 6) is 0.522. The Morgan fingerprint density at radius 2 is 1.96 bits per heavy atom. The molecule has 1 atom stereocenters. The largest absolute Gasteiger partial charge is 0.497 e. The van der Waals surface area contributed by atoms with Gasteiger partial charge >= 0.3 is 0 Å². The minimum Gasteiger partial charge on any atom is -0.497 e. The van der Waals surface area contributed by atoms with Crippen LogP contribution in [0.3, 0.4) is 0 Å². The highest BCUT2D eigenvalue weighted by molar-refractivity contribution is 6.02. The van der Waals surface area contributed by atoms with Crippen LogP contribution in [0.4, 0.5) is 0 Å². The fraction of sp³-hybridized carbons (Fsp3) is 0.400. The van der Waals surface area contributed by atoms with Crippen molar-refractivity contribution in [3.63, 3.8) is 0 Å². The number of Topliss-reactive ketones (excluding diaryl/α,β-unsaturated/α-hetero) is 1. The van der Waals surface area contributed by atoms with Crippen molar-refractivity contribution >= 4 is 11.7 Å². The zero-order valence-corrected chi connectivity index (χ0v) is 16.3. The summed E-state index contributed by atoms with van der Waals surface area (Å²) in [6.07, 6.45) is 0. The maximum Gasteiger partial charge on any atom is 0.268 e. The zero-order valence-electron chi connectivity index (χ0n) is 16.3. The molecule has 0 aliphatic heterocycles. The van der Waals surface area contributed by atoms with E-state index in [2.05, 4.69) is 10.3 Å². The summed E-state index contributed by atoms with van der Waals surface area (Å²) in [6.45, 7) is 5.54. The van der Waals surface area contributed by atoms with Crippen LogP contribution >= 0.6 is 0 Å². The number of carbonyl (C=O) groups excluding carboxylic acids is 2. The fourth-order valence-electron chi connectivity index (χ4n) is 3.23. The van der Waals surface area contributed by atoms with Crippen LogP contribution in [0.2, 0.25) is 0 Å². The number of aromatic nitrogens is 1. The second-order valence-electron chi connectivity index (χ2n) is 6.65. The Bertz CT molecular complexity index is 809. The van der Waals surface area contributed by atoms with Crippen molar-refractivity contribution in [2.75, 3.05) is 27.7 Å². The van der Waals surface area contributed by atoms with Gasteiger partial charge in [0.2, 0.25) is 0 Å². The van der Waals surface area contributed by atoms with E-state index in [9.17, 15) is 9.59 Å². The molecule has 1 amide bonds. The summed E-state index contributed by atoms with van der Waals surface area (Å²) in [5, 5.41) is 2.97. The molecule has 26 heavy (non-hydrogen) atoms. The Balaban J connectivity index is 2.18. The van der Waals surface area contributed by atoms with E-state index in [0.717, 1.165) is 17.0 Å². The van der Waals surface area contributed by atoms with Gasteiger partial charge in [-0.2, -0.15) is 0 Å². The first-order chi connectivity index (χ1) is 12.3. The number of carbonyl (C=O) groups is 2. The molecule has 2 N–H and O–H groups in total. The number of aromatic amines is 1. The topological polar surface area (TPSA) is 74.4 Å². The molecular weight excluding hydrogens is 330 g/mol. The Morgan fingerprint density at radius 1 is 1.27 bits per heavy atom. The molecule has 0 aliphatic rings. The van der Waals surface area contributed by atoms with E-state index >= 15 is 0 Å². The van der Waals surface area contributed by atoms with Gasteiger partial charge in [0.1, 0.15) is 11.4 Å². The van der Waals surface area contributed by atoms with Gasteiger partial charge in [-0.1, -0.05) is 12.1 Å². The van der Waals surface area contributed by atoms with Crippen LogP contribution in [0.1, 0.15) is 50.6 Å². The molecule has 0 spiro atoms. The number of H-pyrrole nitrogens is 1. The first kappa shape index (κ1) is 19.7. The van der Waals surface area contributed by atoms with Gasteiger partial charge in [0.25, 0.3) is 5.91 Å². The van der Waals surface area contributed by atoms with Crippen LogP contribution in [-0.4, -0.2) is 49.3 Å². The molecule has 2 aromatic rings. The minimum absolute atomic E-state index is 0.00214. The van der Waals surface area contributed by atoms with Crippen LogP contribution in [0.15, 0.2) is 24.3 Å². The normalized spacial score (nSPS) is 12.1. The molecular formula is C20H27N3O3. The number of rotatable bonds is 7. The van der Waals surface area contributed by atoms with Gasteiger partial charge in [0.05, 0.1) is 13.2 Å². The van der Waals surface area contributed by atoms with Crippen molar-refractivity contribution in [1.82, 2.24) is 15.2 Å². The summed E-state index contributed by atoms with van der Waals surface area (Å²) in [4.78, 5) is 29.5. The molecule has 2 rings (SSSR count). The molecule has 0 fully saturated rings. The first-order valence-corrected chi connectivity index (χ1v) is 8.55. The lowest BCUT2D eigenvalue weighted by atomic mass is 10.0. The van der Waals surface area contributed by atoms with E-state index in [1.807, 2.05) is 43.3 Å². The Kier molecular flexibility index (Phi) is 6.21. The van der Waals surface area contributed by atoms with Crippen LogP contribution in [0.25, 0.3) is 0 Å². The standard InChI is InChI=1S/C20H27N3O3/c1-12-18(14(3)24)13(2)22-19(12)20(25)21-11-17(23(4)5)15-8-7-9-16(10-15)26-6/h7-10,17,22H,11H2,1-6H3,(H,21,25). The highest BCUT2D eigenvalue weighted by atomic mass is 16.5. The van der Waals surface area contributed by atoms with Crippen molar-refractivity contribution in [3.8, 4) is 5.75 Å². The monoisotopic (exact) mass is 357 g/mol. The highest BCUT2D eigenvalue weighted by Crippen LogP contribution is 2.23. The third-order valence-electron chi connectivity index (χ3n) is 4.57. The quantitative estimate of drug-likeness (QED) is 0.747. The molecule has 1 aromatic heterocycles. The van der Waals surface area contributed by atoms with Crippen molar-refractivity contribution in [2.45, 2.75) is 26.8 Å². The van der Waals surface area contributed by atoms with E-state index in [4.69, 9.17) is 4.74 Å². The van der Waals surface area contributed by atoms with E-state index in [-0.39, 0.29) is 17.7 Å². The average Bonchev–Trinajstić information content (AvgIpc) is 2.89. The number of amides is 1. The maximum atomic E-state index is 12.6. The van der Waals surface area contributed by atoms with Crippen molar-refractivity contribution in [1.29, 1.82) is 0 Å². The number of nitrogens with zero attached hydrogens (tertiary/aromatic N) is 1. The molecule has 1 aromatic carbocycles. The fourth-order valence-corrected chi connectivity index (χ4v) is 3.23. The number of benzene rings is 1. The van der Waals surface area contributed by atoms with Crippen LogP contribution in [0, 0.1) is 13.8 Å². The first-order valence-electron chi connectivity index (χ1n) is 8.55. The second-order valence-corrected chi connectivity index (χ2v) is 6.65. The number of nitrogens with one attached hydrogen (secondary N) is 2. The van der Waals surface area contributed by atoms with Gasteiger partial charge in [-0.15, -0.1) is 0 Å². The molecule has 0 radical (unpaired) electrons. The third-order valence-corrected chi connectivity index (χ3v) is 4.57. The van der Waals surface area contributed by atoms with Crippen LogP contribution in [-0.2, 0) is 0 Å². The molecule has 140 valence electrons. The molecule has 6 nitrogen and oxygen atoms in total. The smallest absolute Gasteiger partial charge is 0.268 e. The third kappa shape index (κ3) is 4.14. The number of likely N-dealkylation sites (N-methyl/N-ethyl adjacent to an activating group) is 1. The Morgan fingerprint density at radius 3 is 2.50 bits per heavy atom. The van der Waals surface area contributed by atoms with Crippen molar-refractivity contribution in [2.24, 2.45) is 0 Å². The molecule has 0 saturated heterocycles. The Hall–Kier alpha value is -2.60. The lowest BCUT2D eigenvalue weighted by Crippen LogP contribution is -2.35. The number of aryl methyl sites for hydroxylation is 1. The molecule has 0 saturated carbocycles. The summed E-state index contributed by atoms with van der Waals surface area (Å²) in [5.41, 5.74) is 3.49. The van der Waals surface area contributed by atoms with Gasteiger partial charge in [-0.3, -0.25) is 9.59 Å². The predicted octanol–water partition coefficient (Wildman–Crippen LogP) is 2.88. The molecule has 6 heteroatoms. The average molecular weight is 357 g/mol. The maximum absolute atomic E-state index is 12.6. The molecule has 0 bridgehead atoms. The number of methoxy groups -OCH3 is 1. The highest BCUT2D eigenvalue weighted by Gasteiger charge is 2.21. The minimum atomic E-state index is -0.215. The predicted molar refractivity (Wildman–Crippen MR) is 102 cm³/mol. The summed E-state index contributed by atoms with van der Waals surface area (Å²) in [6, 6.07) is 7.80. The second kappa shape index (κ2) is 8.19. The van der Waals surface area contributed by atoms with E-state index in [0.29, 0.717) is 23.4 Å². The van der Waals surface area contributed by atoms with Gasteiger partial charge in [-0.05, 0) is 58.1 Å². The summed E-state index contributed by atoms with van der Waals surface area (Å²) in [7, 11) is 5.57. The van der Waals surface area contributed by atoms with E-state index in [1.165, 1.54) is 6.92 Å². The van der Waals surface area contributed by atoms with Crippen LogP contribution in [0.5, 0.6) is 5.75 Å². The lowest BCUT2D eigenvalue weighted by molar-refractivity contribution is 0.0936. The van der Waals surface area contributed by atoms with Crippen molar-refractivity contribution in [3.05, 3.63) is 52.3 Å². The number of ketones is 1. The van der Waals surface area contributed by atoms with E-state index in [1.54, 1.807) is 21.0 Å². The zero-order chi connectivity index (χ0) is 19.4. The SMILES string of the molecule is COc1cccc(C(CNC(=O)c2[nH]c(C)c(C(C)=O)c2C)N(C)C)c1. The lowest BCUT2D eigenvalue weighted by Gasteiger charge is -2.25. The molecule has 1 heterocycles. The summed E-state index contributed by atoms with van der Waals surface area (Å²) >= 11 is 0. The van der Waals surface area contributed by atoms with Gasteiger partial charge in [0.15, 0.2) is 5.78 Å². The van der Waals surface area contributed by atoms with Gasteiger partial charge < -0.3 is 19.9 Å². The van der Waals surface area contributed by atoms with Gasteiger partial charge in [0, 0.05) is 17.8 Å². The molecule has 1 unspecified atom stereocenters. The number of hydrogen-bond donors (Lipinski definition) is 2. The molecule has 0 aliphatic carbocycles. The van der Waals surface area contributed by atoms with Crippen LogP contribution < -0.4 is 10.1 Å². The number of ether oxygens (including phenoxy) is 1. The van der Waals surface area contributed by atoms with Crippen molar-refractivity contribution < 1.29 is 14.3 Å². The van der Waals surface area contributed by atoms with E-state index < -0.39 is 0 Å².